The van der Waals surface area contributed by atoms with Gasteiger partial charge in [-0.1, -0.05) is 0 Å². The fraction of sp³-hybridized carbons (Fsp3) is 0.643. The Morgan fingerprint density at radius 1 is 0.724 bits per heavy atom. The molecule has 0 fully saturated rings. The summed E-state index contributed by atoms with van der Waals surface area (Å²) in [4.78, 5) is 92.2. The average molecular weight is 491 g/mol. The molecule has 0 amide bonds. The molecule has 0 aliphatic carbocycles. The molecule has 15 heteroatoms. The fourth-order valence-corrected chi connectivity index (χ4v) is 1.78. The lowest BCUT2D eigenvalue weighted by molar-refractivity contribution is -0.417. The minimum Gasteiger partial charge on any atom is -0.305 e. The van der Waals surface area contributed by atoms with Crippen LogP contribution in [0.4, 0.5) is 0 Å². The summed E-state index contributed by atoms with van der Waals surface area (Å²) in [5.41, 5.74) is 0. The number of aldehydes is 1. The van der Waals surface area contributed by atoms with Gasteiger partial charge in [0.2, 0.25) is 0 Å². The number of rotatable bonds is 14. The molecule has 0 heterocycles. The van der Waals surface area contributed by atoms with Gasteiger partial charge in [0.25, 0.3) is 0 Å². The molecule has 0 aromatic carbocycles. The van der Waals surface area contributed by atoms with E-state index in [1.54, 1.807) is 0 Å². The highest BCUT2D eigenvalue weighted by Crippen LogP contribution is 2.20. The summed E-state index contributed by atoms with van der Waals surface area (Å²) in [7, 11) is 0. The van der Waals surface area contributed by atoms with Crippen LogP contribution in [0.15, 0.2) is 0 Å². The molecule has 0 bridgehead atoms. The van der Waals surface area contributed by atoms with Gasteiger partial charge in [0, 0.05) is 27.7 Å². The molecule has 0 N–H and O–H groups in total. The van der Waals surface area contributed by atoms with Crippen LogP contribution < -0.4 is 0 Å². The minimum atomic E-state index is -1.79. The first kappa shape index (κ1) is 26.8. The predicted molar refractivity (Wildman–Crippen MR) is 87.5 cm³/mol. The maximum Gasteiger partial charge on any atom is 0.339 e. The second-order valence-corrected chi connectivity index (χ2v) is 5.49. The number of carbonyl (C=O) groups is 5. The number of hydrogen-bond acceptors (Lipinski definition) is 14. The molecular weight excluding hydrogens is 472 g/mol. The van der Waals surface area contributed by atoms with Crippen molar-refractivity contribution in [3.05, 3.63) is 0 Å². The lowest BCUT2D eigenvalue weighted by Gasteiger charge is -2.30. The van der Waals surface area contributed by atoms with Crippen molar-refractivity contribution in [1.82, 2.24) is 0 Å². The van der Waals surface area contributed by atoms with Gasteiger partial charge in [-0.15, -0.1) is 0 Å². The molecule has 0 radical (unpaired) electrons. The number of halogens is 1. The minimum absolute atomic E-state index is 0.0963. The third kappa shape index (κ3) is 12.1. The molecule has 14 nitrogen and oxygen atoms in total. The van der Waals surface area contributed by atoms with Crippen LogP contribution in [0.5, 0.6) is 0 Å². The molecule has 0 aliphatic heterocycles. The third-order valence-electron chi connectivity index (χ3n) is 2.49. The van der Waals surface area contributed by atoms with Gasteiger partial charge in [0.15, 0.2) is 30.7 Å². The number of carbonyl (C=O) groups excluding carboxylic acids is 5. The Morgan fingerprint density at radius 2 is 1.14 bits per heavy atom. The van der Waals surface area contributed by atoms with Crippen LogP contribution in [0.1, 0.15) is 27.7 Å². The zero-order chi connectivity index (χ0) is 22.4. The van der Waals surface area contributed by atoms with Crippen LogP contribution in [0.2, 0.25) is 0 Å². The summed E-state index contributed by atoms with van der Waals surface area (Å²) in [6.45, 7) is 3.49. The molecule has 0 rings (SSSR count). The molecule has 0 aromatic heterocycles. The molecule has 0 saturated heterocycles. The van der Waals surface area contributed by atoms with Crippen molar-refractivity contribution in [3.8, 4) is 0 Å². The van der Waals surface area contributed by atoms with Crippen molar-refractivity contribution in [2.45, 2.75) is 52.1 Å². The van der Waals surface area contributed by atoms with Gasteiger partial charge in [-0.05, 0) is 0 Å². The maximum absolute atomic E-state index is 11.4. The van der Waals surface area contributed by atoms with Crippen LogP contribution in [0.25, 0.3) is 0 Å². The lowest BCUT2D eigenvalue weighted by atomic mass is 10.0. The fourth-order valence-electron chi connectivity index (χ4n) is 1.52. The number of hydrogen-bond donors (Lipinski definition) is 0. The predicted octanol–water partition coefficient (Wildman–Crippen LogP) is -0.0350. The molecule has 4 atom stereocenters. The third-order valence-corrected chi connectivity index (χ3v) is 2.76. The molecule has 0 saturated carbocycles. The lowest BCUT2D eigenvalue weighted by Crippen LogP contribution is -2.52. The van der Waals surface area contributed by atoms with Crippen molar-refractivity contribution < 1.29 is 66.9 Å². The van der Waals surface area contributed by atoms with E-state index >= 15 is 0 Å². The monoisotopic (exact) mass is 490 g/mol. The van der Waals surface area contributed by atoms with E-state index in [9.17, 15) is 24.0 Å². The van der Waals surface area contributed by atoms with Crippen LogP contribution in [-0.4, -0.2) is 61.2 Å². The van der Waals surface area contributed by atoms with Gasteiger partial charge in [-0.3, -0.25) is 19.6 Å². The highest BCUT2D eigenvalue weighted by molar-refractivity contribution is 9.06. The van der Waals surface area contributed by atoms with Crippen LogP contribution in [0, 0.1) is 0 Å². The first-order valence-corrected chi connectivity index (χ1v) is 8.31. The Balaban J connectivity index is 5.85. The normalized spacial score (nSPS) is 14.7. The largest absolute Gasteiger partial charge is 0.339 e. The Hall–Kier alpha value is -2.17. The van der Waals surface area contributed by atoms with Crippen LogP contribution in [0.3, 0.4) is 0 Å². The van der Waals surface area contributed by atoms with Gasteiger partial charge in [-0.25, -0.2) is 19.2 Å². The van der Waals surface area contributed by atoms with E-state index in [0.717, 1.165) is 27.7 Å². The zero-order valence-electron chi connectivity index (χ0n) is 15.7. The Labute approximate surface area is 172 Å². The molecule has 0 spiro atoms. The van der Waals surface area contributed by atoms with E-state index in [2.05, 4.69) is 40.7 Å². The summed E-state index contributed by atoms with van der Waals surface area (Å²) in [5, 5.41) is 0. The quantitative estimate of drug-likeness (QED) is 0.180. The summed E-state index contributed by atoms with van der Waals surface area (Å²) < 4.78 is 4.71. The van der Waals surface area contributed by atoms with Crippen molar-refractivity contribution in [1.29, 1.82) is 0 Å². The van der Waals surface area contributed by atoms with Crippen molar-refractivity contribution in [2.75, 3.05) is 6.61 Å². The first-order valence-electron chi connectivity index (χ1n) is 7.66. The van der Waals surface area contributed by atoms with E-state index in [4.69, 9.17) is 18.5 Å². The second-order valence-electron chi connectivity index (χ2n) is 5.03. The zero-order valence-corrected chi connectivity index (χ0v) is 17.3. The summed E-state index contributed by atoms with van der Waals surface area (Å²) in [5.74, 6) is -3.70. The van der Waals surface area contributed by atoms with Gasteiger partial charge in [-0.2, -0.15) is 19.6 Å². The highest BCUT2D eigenvalue weighted by atomic mass is 79.9. The van der Waals surface area contributed by atoms with E-state index < -0.39 is 54.9 Å². The summed E-state index contributed by atoms with van der Waals surface area (Å²) >= 11 is 2.64. The van der Waals surface area contributed by atoms with E-state index in [1.807, 2.05) is 0 Å². The van der Waals surface area contributed by atoms with Gasteiger partial charge in [0.05, 0.1) is 22.9 Å². The van der Waals surface area contributed by atoms with Crippen molar-refractivity contribution in [2.24, 2.45) is 0 Å². The van der Waals surface area contributed by atoms with E-state index in [-0.39, 0.29) is 6.29 Å². The highest BCUT2D eigenvalue weighted by Gasteiger charge is 2.44. The maximum atomic E-state index is 11.4. The van der Waals surface area contributed by atoms with Crippen molar-refractivity contribution in [3.63, 3.8) is 0 Å². The Bertz CT molecular complexity index is 567. The molecular formula is C14H19BrO14. The van der Waals surface area contributed by atoms with Gasteiger partial charge in [0.1, 0.15) is 0 Å². The Morgan fingerprint density at radius 3 is 1.55 bits per heavy atom. The molecule has 0 aromatic rings. The Kier molecular flexibility index (Phi) is 13.7. The average Bonchev–Trinajstić information content (AvgIpc) is 2.62. The summed E-state index contributed by atoms with van der Waals surface area (Å²) in [6, 6.07) is 0. The second kappa shape index (κ2) is 14.8. The first-order chi connectivity index (χ1) is 13.6. The van der Waals surface area contributed by atoms with Crippen molar-refractivity contribution >= 4 is 46.4 Å². The SMILES string of the molecule is CC(=O)OO[C@@H]([C@H](OOC(C)=O)[C@@H](COBr)OOC(C)=O)[C@H](C=O)OOC(C)=O. The van der Waals surface area contributed by atoms with Crippen LogP contribution in [-0.2, 0) is 66.9 Å². The smallest absolute Gasteiger partial charge is 0.305 e. The standard InChI is InChI=1S/C14H19BrO14/c1-7(17)22-26-11(5-16)13(28-24-9(3)19)14(29-25-10(4)20)12(6-21-15)27-23-8(2)18/h5,11-14H,6H2,1-4H3/t11-,12+,13+,14+/m0/s1. The van der Waals surface area contributed by atoms with Crippen LogP contribution >= 0.6 is 16.3 Å². The molecule has 166 valence electrons. The topological polar surface area (TPSA) is 168 Å². The molecule has 0 unspecified atom stereocenters. The molecule has 29 heavy (non-hydrogen) atoms. The molecule has 0 aliphatic rings. The van der Waals surface area contributed by atoms with Gasteiger partial charge >= 0.3 is 23.9 Å². The van der Waals surface area contributed by atoms with Gasteiger partial charge < -0.3 is 8.62 Å². The van der Waals surface area contributed by atoms with E-state index in [0.29, 0.717) is 0 Å². The van der Waals surface area contributed by atoms with E-state index in [1.165, 1.54) is 0 Å². The summed E-state index contributed by atoms with van der Waals surface area (Å²) in [6.07, 6.45) is -6.63.